The number of nitrogens with zero attached hydrogens (tertiary/aromatic N) is 4. The molecular weight excluding hydrogens is 356 g/mol. The van der Waals surface area contributed by atoms with Gasteiger partial charge < -0.3 is 10.1 Å². The minimum Gasteiger partial charge on any atom is -0.439 e. The lowest BCUT2D eigenvalue weighted by Crippen LogP contribution is -2.29. The second-order valence-corrected chi connectivity index (χ2v) is 6.81. The number of nitrogens with one attached hydrogen (secondary N) is 2. The van der Waals surface area contributed by atoms with E-state index in [0.29, 0.717) is 24.6 Å². The summed E-state index contributed by atoms with van der Waals surface area (Å²) in [4.78, 5) is 15.7. The number of amides is 1. The number of hydrogen-bond donors (Lipinski definition) is 2. The molecule has 1 aliphatic heterocycles. The highest BCUT2D eigenvalue weighted by Crippen LogP contribution is 2.26. The molecule has 0 spiro atoms. The highest BCUT2D eigenvalue weighted by Gasteiger charge is 2.21. The highest BCUT2D eigenvalue weighted by atomic mass is 16.5. The van der Waals surface area contributed by atoms with E-state index in [4.69, 9.17) is 4.74 Å². The summed E-state index contributed by atoms with van der Waals surface area (Å²) < 4.78 is 7.81. The molecule has 140 valence electrons. The molecule has 1 fully saturated rings. The molecule has 1 amide bonds. The average molecular weight is 374 g/mol. The molecule has 4 heterocycles. The SMILES string of the molecule is O=C1CC[C@@H](Cn2ncc3cc(Oc4ccc(-c5ccn[nH]5)cn4)ccc32)N1. The molecule has 0 aliphatic carbocycles. The van der Waals surface area contributed by atoms with Crippen molar-refractivity contribution in [2.45, 2.75) is 25.4 Å². The topological polar surface area (TPSA) is 97.7 Å². The minimum absolute atomic E-state index is 0.114. The molecule has 8 heteroatoms. The fraction of sp³-hybridized carbons (Fsp3) is 0.200. The molecule has 0 radical (unpaired) electrons. The Labute approximate surface area is 160 Å². The van der Waals surface area contributed by atoms with E-state index in [2.05, 4.69) is 25.6 Å². The van der Waals surface area contributed by atoms with Gasteiger partial charge in [-0.25, -0.2) is 4.98 Å². The number of ether oxygens (including phenoxy) is 1. The number of H-pyrrole nitrogens is 1. The van der Waals surface area contributed by atoms with Gasteiger partial charge in [0.05, 0.1) is 24.0 Å². The molecule has 1 aromatic carbocycles. The lowest BCUT2D eigenvalue weighted by atomic mass is 10.2. The fourth-order valence-corrected chi connectivity index (χ4v) is 3.43. The molecule has 2 N–H and O–H groups in total. The Bertz CT molecular complexity index is 1120. The number of hydrogen-bond acceptors (Lipinski definition) is 5. The van der Waals surface area contributed by atoms with Gasteiger partial charge in [-0.05, 0) is 36.8 Å². The van der Waals surface area contributed by atoms with Crippen LogP contribution in [-0.4, -0.2) is 36.9 Å². The van der Waals surface area contributed by atoms with Crippen LogP contribution in [0.4, 0.5) is 0 Å². The smallest absolute Gasteiger partial charge is 0.220 e. The predicted octanol–water partition coefficient (Wildman–Crippen LogP) is 2.89. The summed E-state index contributed by atoms with van der Waals surface area (Å²) in [7, 11) is 0. The van der Waals surface area contributed by atoms with Crippen molar-refractivity contribution >= 4 is 16.8 Å². The van der Waals surface area contributed by atoms with Gasteiger partial charge in [-0.3, -0.25) is 14.6 Å². The predicted molar refractivity (Wildman–Crippen MR) is 103 cm³/mol. The van der Waals surface area contributed by atoms with Gasteiger partial charge in [-0.1, -0.05) is 0 Å². The fourth-order valence-electron chi connectivity index (χ4n) is 3.43. The quantitative estimate of drug-likeness (QED) is 0.560. The zero-order valence-electron chi connectivity index (χ0n) is 15.0. The summed E-state index contributed by atoms with van der Waals surface area (Å²) in [6.45, 7) is 0.673. The monoisotopic (exact) mass is 374 g/mol. The molecule has 0 saturated carbocycles. The number of fused-ring (bicyclic) bond motifs is 1. The third-order valence-corrected chi connectivity index (χ3v) is 4.86. The maximum Gasteiger partial charge on any atom is 0.220 e. The number of aromatic amines is 1. The van der Waals surface area contributed by atoms with Crippen molar-refractivity contribution in [2.75, 3.05) is 0 Å². The first-order chi connectivity index (χ1) is 13.7. The maximum absolute atomic E-state index is 11.4. The van der Waals surface area contributed by atoms with Gasteiger partial charge in [0.15, 0.2) is 0 Å². The third-order valence-electron chi connectivity index (χ3n) is 4.86. The molecule has 28 heavy (non-hydrogen) atoms. The van der Waals surface area contributed by atoms with Gasteiger partial charge in [0.25, 0.3) is 0 Å². The largest absolute Gasteiger partial charge is 0.439 e. The van der Waals surface area contributed by atoms with E-state index in [0.717, 1.165) is 28.6 Å². The summed E-state index contributed by atoms with van der Waals surface area (Å²) >= 11 is 0. The van der Waals surface area contributed by atoms with E-state index in [1.165, 1.54) is 0 Å². The van der Waals surface area contributed by atoms with E-state index < -0.39 is 0 Å². The lowest BCUT2D eigenvalue weighted by molar-refractivity contribution is -0.119. The van der Waals surface area contributed by atoms with E-state index in [-0.39, 0.29) is 11.9 Å². The first kappa shape index (κ1) is 16.5. The van der Waals surface area contributed by atoms with Crippen LogP contribution >= 0.6 is 0 Å². The molecule has 0 unspecified atom stereocenters. The second kappa shape index (κ2) is 6.80. The average Bonchev–Trinajstić information content (AvgIpc) is 3.45. The normalized spacial score (nSPS) is 16.4. The number of rotatable bonds is 5. The van der Waals surface area contributed by atoms with Gasteiger partial charge in [-0.2, -0.15) is 10.2 Å². The standard InChI is InChI=1S/C20H18N6O2/c27-19-5-2-15(24-19)12-26-18-4-3-16(9-14(18)11-23-26)28-20-6-1-13(10-21-20)17-7-8-22-25-17/h1,3-4,6-11,15H,2,5,12H2,(H,22,25)(H,24,27)/t15-/m0/s1. The molecule has 0 bridgehead atoms. The van der Waals surface area contributed by atoms with Crippen molar-refractivity contribution in [1.82, 2.24) is 30.3 Å². The van der Waals surface area contributed by atoms with Crippen molar-refractivity contribution in [1.29, 1.82) is 0 Å². The Hall–Kier alpha value is -3.68. The van der Waals surface area contributed by atoms with Crippen molar-refractivity contribution in [3.05, 3.63) is 55.0 Å². The summed E-state index contributed by atoms with van der Waals surface area (Å²) in [5, 5.41) is 15.3. The molecule has 1 aliphatic rings. The van der Waals surface area contributed by atoms with Crippen LogP contribution in [0.25, 0.3) is 22.2 Å². The van der Waals surface area contributed by atoms with Crippen LogP contribution in [0.2, 0.25) is 0 Å². The number of benzene rings is 1. The Balaban J connectivity index is 1.32. The molecule has 1 atom stereocenters. The Morgan fingerprint density at radius 3 is 2.89 bits per heavy atom. The van der Waals surface area contributed by atoms with Gasteiger partial charge >= 0.3 is 0 Å². The van der Waals surface area contributed by atoms with Gasteiger partial charge in [0.2, 0.25) is 11.8 Å². The molecular formula is C20H18N6O2. The van der Waals surface area contributed by atoms with Crippen LogP contribution in [0.5, 0.6) is 11.6 Å². The maximum atomic E-state index is 11.4. The molecule has 5 rings (SSSR count). The number of pyridine rings is 1. The van der Waals surface area contributed by atoms with E-state index in [9.17, 15) is 4.79 Å². The van der Waals surface area contributed by atoms with Gasteiger partial charge in [-0.15, -0.1) is 0 Å². The summed E-state index contributed by atoms with van der Waals surface area (Å²) in [6, 6.07) is 11.6. The molecule has 4 aromatic rings. The Morgan fingerprint density at radius 1 is 1.18 bits per heavy atom. The van der Waals surface area contributed by atoms with E-state index in [1.807, 2.05) is 47.3 Å². The van der Waals surface area contributed by atoms with Crippen LogP contribution in [-0.2, 0) is 11.3 Å². The van der Waals surface area contributed by atoms with Crippen molar-refractivity contribution in [2.24, 2.45) is 0 Å². The summed E-state index contributed by atoms with van der Waals surface area (Å²) in [5.74, 6) is 1.33. The molecule has 3 aromatic heterocycles. The number of aromatic nitrogens is 5. The van der Waals surface area contributed by atoms with Crippen LogP contribution in [0.15, 0.2) is 55.0 Å². The lowest BCUT2D eigenvalue weighted by Gasteiger charge is -2.11. The van der Waals surface area contributed by atoms with E-state index in [1.54, 1.807) is 12.4 Å². The van der Waals surface area contributed by atoms with Crippen molar-refractivity contribution in [3.8, 4) is 22.9 Å². The van der Waals surface area contributed by atoms with Gasteiger partial charge in [0, 0.05) is 41.9 Å². The Kier molecular flexibility index (Phi) is 4.01. The molecule has 8 nitrogen and oxygen atoms in total. The minimum atomic E-state index is 0.114. The van der Waals surface area contributed by atoms with Crippen molar-refractivity contribution < 1.29 is 9.53 Å². The van der Waals surface area contributed by atoms with Crippen LogP contribution in [0.3, 0.4) is 0 Å². The molecule has 1 saturated heterocycles. The van der Waals surface area contributed by atoms with Crippen LogP contribution in [0, 0.1) is 0 Å². The summed E-state index contributed by atoms with van der Waals surface area (Å²) in [6.07, 6.45) is 6.70. The number of carbonyl (C=O) groups is 1. The van der Waals surface area contributed by atoms with Crippen LogP contribution < -0.4 is 10.1 Å². The van der Waals surface area contributed by atoms with Gasteiger partial charge in [0.1, 0.15) is 5.75 Å². The first-order valence-electron chi connectivity index (χ1n) is 9.13. The van der Waals surface area contributed by atoms with Crippen LogP contribution in [0.1, 0.15) is 12.8 Å². The zero-order valence-corrected chi connectivity index (χ0v) is 15.0. The van der Waals surface area contributed by atoms with Crippen molar-refractivity contribution in [3.63, 3.8) is 0 Å². The third kappa shape index (κ3) is 3.20. The zero-order chi connectivity index (χ0) is 18.9. The first-order valence-corrected chi connectivity index (χ1v) is 9.13. The summed E-state index contributed by atoms with van der Waals surface area (Å²) in [5.41, 5.74) is 2.86. The second-order valence-electron chi connectivity index (χ2n) is 6.81. The van der Waals surface area contributed by atoms with E-state index >= 15 is 0 Å². The Morgan fingerprint density at radius 2 is 2.14 bits per heavy atom. The number of carbonyl (C=O) groups excluding carboxylic acids is 1. The highest BCUT2D eigenvalue weighted by molar-refractivity contribution is 5.81.